The lowest BCUT2D eigenvalue weighted by atomic mass is 9.97. The molecule has 6 heteroatoms. The predicted molar refractivity (Wildman–Crippen MR) is 72.7 cm³/mol. The maximum absolute atomic E-state index is 12.3. The molecule has 2 N–H and O–H groups in total. The fourth-order valence-corrected chi connectivity index (χ4v) is 2.34. The molecule has 0 saturated carbocycles. The maximum atomic E-state index is 12.3. The second kappa shape index (κ2) is 5.92. The van der Waals surface area contributed by atoms with Crippen molar-refractivity contribution in [3.8, 4) is 11.5 Å². The molecule has 1 atom stereocenters. The van der Waals surface area contributed by atoms with Crippen molar-refractivity contribution in [1.82, 2.24) is 4.90 Å². The fraction of sp³-hybridized carbons (Fsp3) is 0.429. The smallest absolute Gasteiger partial charge is 0.237 e. The highest BCUT2D eigenvalue weighted by Gasteiger charge is 2.39. The summed E-state index contributed by atoms with van der Waals surface area (Å²) in [5, 5.41) is 0. The molecule has 1 aromatic rings. The Kier molecular flexibility index (Phi) is 4.24. The second-order valence-electron chi connectivity index (χ2n) is 4.57. The van der Waals surface area contributed by atoms with Gasteiger partial charge in [0, 0.05) is 25.6 Å². The van der Waals surface area contributed by atoms with Crippen LogP contribution in [0.25, 0.3) is 0 Å². The van der Waals surface area contributed by atoms with Crippen molar-refractivity contribution >= 4 is 11.8 Å². The number of hydrogen-bond acceptors (Lipinski definition) is 5. The van der Waals surface area contributed by atoms with Crippen LogP contribution < -0.4 is 15.2 Å². The monoisotopic (exact) mass is 278 g/mol. The van der Waals surface area contributed by atoms with Crippen LogP contribution in [0.1, 0.15) is 17.9 Å². The summed E-state index contributed by atoms with van der Waals surface area (Å²) in [6.07, 6.45) is 0.162. The number of rotatable bonds is 5. The Hall–Kier alpha value is -2.08. The van der Waals surface area contributed by atoms with Gasteiger partial charge in [-0.05, 0) is 17.7 Å². The molecule has 20 heavy (non-hydrogen) atoms. The minimum absolute atomic E-state index is 0.162. The molecule has 2 rings (SSSR count). The molecule has 6 nitrogen and oxygen atoms in total. The molecule has 2 amide bonds. The normalized spacial score (nSPS) is 18.6. The van der Waals surface area contributed by atoms with E-state index in [4.69, 9.17) is 15.2 Å². The van der Waals surface area contributed by atoms with Gasteiger partial charge in [-0.3, -0.25) is 14.5 Å². The van der Waals surface area contributed by atoms with Crippen molar-refractivity contribution in [2.45, 2.75) is 12.3 Å². The minimum Gasteiger partial charge on any atom is -0.497 e. The summed E-state index contributed by atoms with van der Waals surface area (Å²) in [4.78, 5) is 25.3. The Labute approximate surface area is 117 Å². The van der Waals surface area contributed by atoms with Crippen molar-refractivity contribution < 1.29 is 19.1 Å². The van der Waals surface area contributed by atoms with Crippen LogP contribution in [0.3, 0.4) is 0 Å². The van der Waals surface area contributed by atoms with Crippen LogP contribution >= 0.6 is 0 Å². The molecule has 1 aliphatic rings. The molecule has 0 aliphatic carbocycles. The number of nitrogens with zero attached hydrogens (tertiary/aromatic N) is 1. The molecule has 1 aromatic carbocycles. The topological polar surface area (TPSA) is 81.9 Å². The number of amides is 2. The van der Waals surface area contributed by atoms with E-state index in [2.05, 4.69) is 0 Å². The molecule has 0 aromatic heterocycles. The number of benzene rings is 1. The first kappa shape index (κ1) is 14.3. The Balaban J connectivity index is 2.32. The van der Waals surface area contributed by atoms with Gasteiger partial charge in [0.15, 0.2) is 0 Å². The Morgan fingerprint density at radius 2 is 1.80 bits per heavy atom. The van der Waals surface area contributed by atoms with Gasteiger partial charge in [0.05, 0.1) is 20.1 Å². The van der Waals surface area contributed by atoms with E-state index < -0.39 is 5.92 Å². The highest BCUT2D eigenvalue weighted by Crippen LogP contribution is 2.34. The Morgan fingerprint density at radius 1 is 1.20 bits per heavy atom. The average molecular weight is 278 g/mol. The summed E-state index contributed by atoms with van der Waals surface area (Å²) in [7, 11) is 3.09. The highest BCUT2D eigenvalue weighted by molar-refractivity contribution is 6.06. The molecule has 1 aliphatic heterocycles. The molecule has 0 radical (unpaired) electrons. The lowest BCUT2D eigenvalue weighted by Gasteiger charge is -2.14. The SMILES string of the molecule is COc1cc(OC)cc(C2CC(=O)N(CCN)C2=O)c1. The summed E-state index contributed by atoms with van der Waals surface area (Å²) >= 11 is 0. The van der Waals surface area contributed by atoms with Crippen LogP contribution in [0.5, 0.6) is 11.5 Å². The van der Waals surface area contributed by atoms with Crippen LogP contribution in [-0.4, -0.2) is 44.0 Å². The zero-order chi connectivity index (χ0) is 14.7. The number of carbonyl (C=O) groups is 2. The van der Waals surface area contributed by atoms with Crippen molar-refractivity contribution in [1.29, 1.82) is 0 Å². The number of methoxy groups -OCH3 is 2. The molecular formula is C14H18N2O4. The third kappa shape index (κ3) is 2.60. The minimum atomic E-state index is -0.488. The third-order valence-electron chi connectivity index (χ3n) is 3.37. The molecule has 1 heterocycles. The van der Waals surface area contributed by atoms with Gasteiger partial charge in [0.25, 0.3) is 0 Å². The van der Waals surface area contributed by atoms with E-state index in [9.17, 15) is 9.59 Å². The summed E-state index contributed by atoms with van der Waals surface area (Å²) < 4.78 is 10.4. The van der Waals surface area contributed by atoms with Crippen molar-refractivity contribution in [2.24, 2.45) is 5.73 Å². The van der Waals surface area contributed by atoms with Gasteiger partial charge in [-0.25, -0.2) is 0 Å². The molecule has 0 bridgehead atoms. The first-order valence-corrected chi connectivity index (χ1v) is 6.38. The quantitative estimate of drug-likeness (QED) is 0.793. The van der Waals surface area contributed by atoms with Gasteiger partial charge < -0.3 is 15.2 Å². The standard InChI is InChI=1S/C14H18N2O4/c1-19-10-5-9(6-11(7-10)20-2)12-8-13(17)16(4-3-15)14(12)18/h5-7,12H,3-4,8,15H2,1-2H3. The van der Waals surface area contributed by atoms with E-state index in [1.165, 1.54) is 4.90 Å². The highest BCUT2D eigenvalue weighted by atomic mass is 16.5. The van der Waals surface area contributed by atoms with Crippen molar-refractivity contribution in [2.75, 3.05) is 27.3 Å². The fourth-order valence-electron chi connectivity index (χ4n) is 2.34. The first-order chi connectivity index (χ1) is 9.60. The lowest BCUT2D eigenvalue weighted by Crippen LogP contribution is -2.34. The molecule has 108 valence electrons. The third-order valence-corrected chi connectivity index (χ3v) is 3.37. The number of likely N-dealkylation sites (tertiary alicyclic amines) is 1. The van der Waals surface area contributed by atoms with E-state index in [0.717, 1.165) is 5.56 Å². The molecule has 1 unspecified atom stereocenters. The van der Waals surface area contributed by atoms with E-state index in [-0.39, 0.29) is 31.3 Å². The summed E-state index contributed by atoms with van der Waals surface area (Å²) in [6.45, 7) is 0.529. The number of hydrogen-bond donors (Lipinski definition) is 1. The second-order valence-corrected chi connectivity index (χ2v) is 4.57. The van der Waals surface area contributed by atoms with Crippen molar-refractivity contribution in [3.05, 3.63) is 23.8 Å². The largest absolute Gasteiger partial charge is 0.497 e. The van der Waals surface area contributed by atoms with Crippen LogP contribution in [0.15, 0.2) is 18.2 Å². The van der Waals surface area contributed by atoms with Crippen LogP contribution in [-0.2, 0) is 9.59 Å². The van der Waals surface area contributed by atoms with Gasteiger partial charge in [-0.2, -0.15) is 0 Å². The summed E-state index contributed by atoms with van der Waals surface area (Å²) in [5.74, 6) is 0.301. The molecule has 1 fully saturated rings. The predicted octanol–water partition coefficient (Wildman–Crippen LogP) is 0.505. The Morgan fingerprint density at radius 3 is 2.30 bits per heavy atom. The summed E-state index contributed by atoms with van der Waals surface area (Å²) in [6, 6.07) is 5.23. The van der Waals surface area contributed by atoms with E-state index >= 15 is 0 Å². The number of imide groups is 1. The summed E-state index contributed by atoms with van der Waals surface area (Å²) in [5.41, 5.74) is 6.14. The van der Waals surface area contributed by atoms with Crippen molar-refractivity contribution in [3.63, 3.8) is 0 Å². The maximum Gasteiger partial charge on any atom is 0.237 e. The van der Waals surface area contributed by atoms with E-state index in [1.54, 1.807) is 32.4 Å². The van der Waals surface area contributed by atoms with E-state index in [0.29, 0.717) is 11.5 Å². The molecular weight excluding hydrogens is 260 g/mol. The zero-order valence-electron chi connectivity index (χ0n) is 11.6. The van der Waals surface area contributed by atoms with Gasteiger partial charge in [-0.15, -0.1) is 0 Å². The molecule has 0 spiro atoms. The van der Waals surface area contributed by atoms with Gasteiger partial charge in [-0.1, -0.05) is 0 Å². The van der Waals surface area contributed by atoms with Gasteiger partial charge in [0.1, 0.15) is 11.5 Å². The number of carbonyl (C=O) groups excluding carboxylic acids is 2. The van der Waals surface area contributed by atoms with E-state index in [1.807, 2.05) is 0 Å². The van der Waals surface area contributed by atoms with Gasteiger partial charge >= 0.3 is 0 Å². The average Bonchev–Trinajstić information content (AvgIpc) is 2.75. The van der Waals surface area contributed by atoms with Crippen LogP contribution in [0.2, 0.25) is 0 Å². The number of ether oxygens (including phenoxy) is 2. The van der Waals surface area contributed by atoms with Crippen LogP contribution in [0, 0.1) is 0 Å². The number of nitrogens with two attached hydrogens (primary N) is 1. The van der Waals surface area contributed by atoms with Gasteiger partial charge in [0.2, 0.25) is 11.8 Å². The lowest BCUT2D eigenvalue weighted by molar-refractivity contribution is -0.138. The van der Waals surface area contributed by atoms with Crippen LogP contribution in [0.4, 0.5) is 0 Å². The first-order valence-electron chi connectivity index (χ1n) is 6.38. The molecule has 1 saturated heterocycles. The Bertz CT molecular complexity index is 508. The zero-order valence-corrected chi connectivity index (χ0v) is 11.6.